The van der Waals surface area contributed by atoms with Crippen molar-refractivity contribution in [2.45, 2.75) is 161 Å². The van der Waals surface area contributed by atoms with Crippen LogP contribution in [0.1, 0.15) is 155 Å². The first-order valence-corrected chi connectivity index (χ1v) is 19.3. The van der Waals surface area contributed by atoms with Crippen molar-refractivity contribution in [1.82, 2.24) is 0 Å². The summed E-state index contributed by atoms with van der Waals surface area (Å²) in [5.74, 6) is -0.807. The molecule has 1 N–H and O–H groups in total. The number of rotatable bonds is 32. The van der Waals surface area contributed by atoms with Crippen molar-refractivity contribution in [2.24, 2.45) is 0 Å². The van der Waals surface area contributed by atoms with Crippen LogP contribution in [0.2, 0.25) is 0 Å². The highest BCUT2D eigenvalue weighted by molar-refractivity contribution is 7.47. The predicted octanol–water partition coefficient (Wildman–Crippen LogP) is 8.90. The zero-order chi connectivity index (χ0) is 32.9. The second-order valence-electron chi connectivity index (χ2n) is 13.3. The van der Waals surface area contributed by atoms with Gasteiger partial charge >= 0.3 is 19.8 Å². The smallest absolute Gasteiger partial charge is 0.462 e. The highest BCUT2D eigenvalue weighted by Gasteiger charge is 2.27. The number of carbonyl (C=O) groups is 2. The predicted molar refractivity (Wildman–Crippen MR) is 178 cm³/mol. The topological polar surface area (TPSA) is 108 Å². The molecule has 44 heavy (non-hydrogen) atoms. The molecule has 0 aliphatic carbocycles. The Hall–Kier alpha value is -0.990. The molecule has 0 heterocycles. The summed E-state index contributed by atoms with van der Waals surface area (Å²) in [5.41, 5.74) is 0. The molecule has 0 saturated heterocycles. The van der Waals surface area contributed by atoms with Crippen molar-refractivity contribution in [3.8, 4) is 0 Å². The van der Waals surface area contributed by atoms with Gasteiger partial charge < -0.3 is 18.9 Å². The fourth-order valence-corrected chi connectivity index (χ4v) is 5.52. The lowest BCUT2D eigenvalue weighted by Gasteiger charge is -2.24. The third kappa shape index (κ3) is 31.0. The normalized spacial score (nSPS) is 13.9. The van der Waals surface area contributed by atoms with E-state index in [0.717, 1.165) is 44.9 Å². The van der Waals surface area contributed by atoms with E-state index in [2.05, 4.69) is 13.8 Å². The second-order valence-corrected chi connectivity index (χ2v) is 14.7. The number of carbonyl (C=O) groups excluding carboxylic acids is 2. The lowest BCUT2D eigenvalue weighted by Crippen LogP contribution is -2.37. The molecular formula is C34H69NO8P+. The van der Waals surface area contributed by atoms with Gasteiger partial charge in [0.1, 0.15) is 19.8 Å². The van der Waals surface area contributed by atoms with Crippen LogP contribution in [0.15, 0.2) is 0 Å². The van der Waals surface area contributed by atoms with Gasteiger partial charge in [-0.15, -0.1) is 0 Å². The Morgan fingerprint density at radius 3 is 1.45 bits per heavy atom. The Balaban J connectivity index is 4.26. The molecule has 0 amide bonds. The van der Waals surface area contributed by atoms with Gasteiger partial charge in [0.2, 0.25) is 0 Å². The zero-order valence-electron chi connectivity index (χ0n) is 29.2. The van der Waals surface area contributed by atoms with E-state index in [0.29, 0.717) is 23.9 Å². The Morgan fingerprint density at radius 1 is 0.614 bits per heavy atom. The number of nitrogens with zero attached hydrogens (tertiary/aromatic N) is 1. The van der Waals surface area contributed by atoms with E-state index < -0.39 is 26.5 Å². The van der Waals surface area contributed by atoms with E-state index in [1.165, 1.54) is 77.0 Å². The summed E-state index contributed by atoms with van der Waals surface area (Å²) in [5, 5.41) is 0. The van der Waals surface area contributed by atoms with Gasteiger partial charge in [-0.3, -0.25) is 18.6 Å². The number of likely N-dealkylation sites (N-methyl/N-ethyl adjacent to an activating group) is 1. The van der Waals surface area contributed by atoms with Gasteiger partial charge in [0.25, 0.3) is 0 Å². The second kappa shape index (κ2) is 28.3. The highest BCUT2D eigenvalue weighted by Crippen LogP contribution is 2.43. The molecule has 0 saturated carbocycles. The number of phosphoric ester groups is 1. The van der Waals surface area contributed by atoms with Crippen LogP contribution in [0.25, 0.3) is 0 Å². The van der Waals surface area contributed by atoms with Crippen LogP contribution in [-0.4, -0.2) is 74.9 Å². The summed E-state index contributed by atoms with van der Waals surface area (Å²) in [6.07, 6.45) is 23.3. The van der Waals surface area contributed by atoms with E-state index in [9.17, 15) is 19.0 Å². The Labute approximate surface area is 270 Å². The van der Waals surface area contributed by atoms with Crippen molar-refractivity contribution < 1.29 is 42.1 Å². The minimum Gasteiger partial charge on any atom is -0.462 e. The lowest BCUT2D eigenvalue weighted by atomic mass is 10.0. The first-order valence-electron chi connectivity index (χ1n) is 17.8. The van der Waals surface area contributed by atoms with E-state index >= 15 is 0 Å². The Bertz CT molecular complexity index is 743. The summed E-state index contributed by atoms with van der Waals surface area (Å²) in [6, 6.07) is 0. The van der Waals surface area contributed by atoms with Crippen molar-refractivity contribution >= 4 is 19.8 Å². The number of phosphoric acid groups is 1. The number of quaternary nitrogens is 1. The quantitative estimate of drug-likeness (QED) is 0.0333. The molecule has 0 fully saturated rings. The van der Waals surface area contributed by atoms with Gasteiger partial charge in [-0.1, -0.05) is 129 Å². The molecule has 0 bridgehead atoms. The average Bonchev–Trinajstić information content (AvgIpc) is 2.95. The van der Waals surface area contributed by atoms with Gasteiger partial charge in [0.05, 0.1) is 27.7 Å². The molecule has 0 aromatic carbocycles. The van der Waals surface area contributed by atoms with Crippen LogP contribution >= 0.6 is 7.82 Å². The largest absolute Gasteiger partial charge is 0.472 e. The number of ether oxygens (including phenoxy) is 2. The maximum atomic E-state index is 12.4. The first kappa shape index (κ1) is 43.0. The maximum Gasteiger partial charge on any atom is 0.472 e. The molecule has 2 unspecified atom stereocenters. The van der Waals surface area contributed by atoms with Crippen LogP contribution in [0, 0.1) is 0 Å². The van der Waals surface area contributed by atoms with Crippen molar-refractivity contribution in [1.29, 1.82) is 0 Å². The molecule has 2 atom stereocenters. The molecule has 0 aliphatic rings. The zero-order valence-corrected chi connectivity index (χ0v) is 30.1. The average molecular weight is 651 g/mol. The van der Waals surface area contributed by atoms with Crippen LogP contribution in [0.4, 0.5) is 0 Å². The summed E-state index contributed by atoms with van der Waals surface area (Å²) >= 11 is 0. The molecule has 262 valence electrons. The monoisotopic (exact) mass is 650 g/mol. The van der Waals surface area contributed by atoms with Gasteiger partial charge in [-0.25, -0.2) is 4.57 Å². The lowest BCUT2D eigenvalue weighted by molar-refractivity contribution is -0.870. The minimum absolute atomic E-state index is 0.0354. The van der Waals surface area contributed by atoms with Crippen LogP contribution in [0.3, 0.4) is 0 Å². The van der Waals surface area contributed by atoms with Gasteiger partial charge in [0, 0.05) is 12.8 Å². The summed E-state index contributed by atoms with van der Waals surface area (Å²) in [4.78, 5) is 34.8. The van der Waals surface area contributed by atoms with Gasteiger partial charge in [-0.05, 0) is 12.8 Å². The summed E-state index contributed by atoms with van der Waals surface area (Å²) in [7, 11) is 1.48. The first-order chi connectivity index (χ1) is 21.0. The maximum absolute atomic E-state index is 12.4. The standard InChI is InChI=1S/C34H68NO8P/c1-6-8-10-12-13-14-15-16-17-18-19-20-21-23-24-26-33(36)40-30-32(43-34(37)27-25-22-11-9-7-2)31-42-44(38,39)41-29-28-35(3,4)5/h32H,6-31H2,1-5H3/p+1. The van der Waals surface area contributed by atoms with Gasteiger partial charge in [0.15, 0.2) is 6.10 Å². The van der Waals surface area contributed by atoms with E-state index in [4.69, 9.17) is 18.5 Å². The van der Waals surface area contributed by atoms with E-state index in [-0.39, 0.29) is 25.6 Å². The molecule has 0 radical (unpaired) electrons. The number of hydrogen-bond donors (Lipinski definition) is 1. The van der Waals surface area contributed by atoms with E-state index in [1.54, 1.807) is 0 Å². The molecule has 0 aliphatic heterocycles. The highest BCUT2D eigenvalue weighted by atomic mass is 31.2. The third-order valence-corrected chi connectivity index (χ3v) is 8.62. The Kier molecular flexibility index (Phi) is 27.6. The summed E-state index contributed by atoms with van der Waals surface area (Å²) < 4.78 is 33.9. The van der Waals surface area contributed by atoms with Crippen molar-refractivity contribution in [3.63, 3.8) is 0 Å². The van der Waals surface area contributed by atoms with E-state index in [1.807, 2.05) is 21.1 Å². The van der Waals surface area contributed by atoms with Crippen LogP contribution < -0.4 is 0 Å². The number of unbranched alkanes of at least 4 members (excludes halogenated alkanes) is 18. The van der Waals surface area contributed by atoms with Crippen LogP contribution in [0.5, 0.6) is 0 Å². The minimum atomic E-state index is -4.35. The van der Waals surface area contributed by atoms with Crippen molar-refractivity contribution in [2.75, 3.05) is 47.5 Å². The molecule has 9 nitrogen and oxygen atoms in total. The number of esters is 2. The fraction of sp³-hybridized carbons (Fsp3) is 0.941. The SMILES string of the molecule is CCCCCCCCCCCCCCCCCC(=O)OCC(COP(=O)(O)OCC[N+](C)(C)C)OC(=O)CCCCCCC. The third-order valence-electron chi connectivity index (χ3n) is 7.64. The summed E-state index contributed by atoms with van der Waals surface area (Å²) in [6.45, 7) is 4.32. The van der Waals surface area contributed by atoms with Crippen molar-refractivity contribution in [3.05, 3.63) is 0 Å². The molecule has 0 rings (SSSR count). The molecular weight excluding hydrogens is 581 g/mol. The Morgan fingerprint density at radius 2 is 1.02 bits per heavy atom. The molecule has 0 aromatic heterocycles. The molecule has 0 aromatic rings. The molecule has 0 spiro atoms. The van der Waals surface area contributed by atoms with Gasteiger partial charge in [-0.2, -0.15) is 0 Å². The van der Waals surface area contributed by atoms with Crippen LogP contribution in [-0.2, 0) is 32.7 Å². The number of hydrogen-bond acceptors (Lipinski definition) is 7. The fourth-order valence-electron chi connectivity index (χ4n) is 4.78. The molecule has 10 heteroatoms.